The monoisotopic (exact) mass is 329 g/mol. The number of benzene rings is 2. The first kappa shape index (κ1) is 15.8. The number of aryl methyl sites for hydroxylation is 1. The number of halogens is 2. The number of para-hydroxylation sites is 1. The van der Waals surface area contributed by atoms with Gasteiger partial charge in [0.1, 0.15) is 0 Å². The number of amides is 1. The third-order valence-electron chi connectivity index (χ3n) is 3.52. The molecule has 0 atom stereocenters. The first-order valence-corrected chi connectivity index (χ1v) is 7.24. The minimum Gasteiger partial charge on any atom is -0.326 e. The average Bonchev–Trinajstić information content (AvgIpc) is 2.58. The first-order chi connectivity index (χ1) is 11.5. The number of fused-ring (bicyclic) bond motifs is 1. The van der Waals surface area contributed by atoms with Gasteiger partial charge in [0.15, 0.2) is 11.6 Å². The van der Waals surface area contributed by atoms with Gasteiger partial charge in [0.25, 0.3) is 0 Å². The predicted octanol–water partition coefficient (Wildman–Crippen LogP) is 2.70. The molecule has 1 amide bonds. The van der Waals surface area contributed by atoms with Crippen LogP contribution in [-0.4, -0.2) is 15.7 Å². The second-order valence-corrected chi connectivity index (χ2v) is 5.18. The number of rotatable bonds is 4. The summed E-state index contributed by atoms with van der Waals surface area (Å²) >= 11 is 0. The quantitative estimate of drug-likeness (QED) is 0.800. The van der Waals surface area contributed by atoms with Gasteiger partial charge in [-0.2, -0.15) is 5.10 Å². The summed E-state index contributed by atoms with van der Waals surface area (Å²) in [7, 11) is 0. The maximum Gasteiger partial charge on any atom is 0.226 e. The van der Waals surface area contributed by atoms with Gasteiger partial charge in [-0.1, -0.05) is 12.1 Å². The highest BCUT2D eigenvalue weighted by molar-refractivity contribution is 5.90. The fourth-order valence-electron chi connectivity index (χ4n) is 2.34. The molecule has 1 aromatic heterocycles. The molecule has 0 radical (unpaired) electrons. The normalized spacial score (nSPS) is 10.8. The smallest absolute Gasteiger partial charge is 0.226 e. The molecule has 0 aliphatic carbocycles. The molecule has 0 spiro atoms. The Morgan fingerprint density at radius 3 is 2.71 bits per heavy atom. The molecule has 3 rings (SSSR count). The van der Waals surface area contributed by atoms with E-state index in [0.29, 0.717) is 10.9 Å². The Hall–Kier alpha value is -3.09. The van der Waals surface area contributed by atoms with E-state index in [9.17, 15) is 18.4 Å². The van der Waals surface area contributed by atoms with Crippen LogP contribution in [0, 0.1) is 11.6 Å². The number of carbonyl (C=O) groups excluding carboxylic acids is 1. The lowest BCUT2D eigenvalue weighted by Gasteiger charge is -2.09. The zero-order valence-electron chi connectivity index (χ0n) is 12.5. The Kier molecular flexibility index (Phi) is 4.33. The zero-order chi connectivity index (χ0) is 17.1. The average molecular weight is 329 g/mol. The summed E-state index contributed by atoms with van der Waals surface area (Å²) in [5.41, 5.74) is 0.621. The number of aromatic nitrogens is 2. The van der Waals surface area contributed by atoms with Crippen molar-refractivity contribution in [3.05, 3.63) is 70.5 Å². The summed E-state index contributed by atoms with van der Waals surface area (Å²) in [5, 5.41) is 7.04. The molecule has 0 fully saturated rings. The summed E-state index contributed by atoms with van der Waals surface area (Å²) in [6.45, 7) is 0.246. The van der Waals surface area contributed by atoms with E-state index in [-0.39, 0.29) is 30.0 Å². The Balaban J connectivity index is 1.72. The molecule has 122 valence electrons. The van der Waals surface area contributed by atoms with Crippen LogP contribution in [0.1, 0.15) is 6.42 Å². The van der Waals surface area contributed by atoms with Crippen LogP contribution in [0.2, 0.25) is 0 Å². The lowest BCUT2D eigenvalue weighted by atomic mass is 10.2. The molecule has 1 N–H and O–H groups in total. The van der Waals surface area contributed by atoms with Crippen LogP contribution in [0.4, 0.5) is 14.5 Å². The molecule has 3 aromatic rings. The minimum atomic E-state index is -1.03. The van der Waals surface area contributed by atoms with Crippen LogP contribution in [0.3, 0.4) is 0 Å². The SMILES string of the molecule is O=C(CCn1ncc(=O)c2ccccc21)Nc1ccc(F)c(F)c1. The van der Waals surface area contributed by atoms with Crippen molar-refractivity contribution in [3.63, 3.8) is 0 Å². The first-order valence-electron chi connectivity index (χ1n) is 7.24. The lowest BCUT2D eigenvalue weighted by Crippen LogP contribution is -2.18. The maximum absolute atomic E-state index is 13.1. The van der Waals surface area contributed by atoms with Crippen molar-refractivity contribution in [3.8, 4) is 0 Å². The van der Waals surface area contributed by atoms with Gasteiger partial charge in [-0.25, -0.2) is 8.78 Å². The summed E-state index contributed by atoms with van der Waals surface area (Å²) in [4.78, 5) is 23.7. The number of carbonyl (C=O) groups is 1. The van der Waals surface area contributed by atoms with Crippen LogP contribution >= 0.6 is 0 Å². The Morgan fingerprint density at radius 2 is 1.92 bits per heavy atom. The fraction of sp³-hybridized carbons (Fsp3) is 0.118. The summed E-state index contributed by atoms with van der Waals surface area (Å²) in [6, 6.07) is 10.1. The van der Waals surface area contributed by atoms with E-state index in [1.54, 1.807) is 28.9 Å². The van der Waals surface area contributed by atoms with Gasteiger partial charge in [0.2, 0.25) is 11.3 Å². The molecule has 0 aliphatic heterocycles. The van der Waals surface area contributed by atoms with E-state index in [0.717, 1.165) is 12.1 Å². The second-order valence-electron chi connectivity index (χ2n) is 5.18. The van der Waals surface area contributed by atoms with Crippen molar-refractivity contribution in [2.75, 3.05) is 5.32 Å². The van der Waals surface area contributed by atoms with Crippen molar-refractivity contribution in [2.45, 2.75) is 13.0 Å². The van der Waals surface area contributed by atoms with Gasteiger partial charge in [-0.3, -0.25) is 14.3 Å². The summed E-state index contributed by atoms with van der Waals surface area (Å²) in [6.07, 6.45) is 1.27. The van der Waals surface area contributed by atoms with Crippen molar-refractivity contribution < 1.29 is 13.6 Å². The Morgan fingerprint density at radius 1 is 1.12 bits per heavy atom. The van der Waals surface area contributed by atoms with Crippen LogP contribution < -0.4 is 10.7 Å². The number of hydrogen-bond donors (Lipinski definition) is 1. The molecule has 24 heavy (non-hydrogen) atoms. The van der Waals surface area contributed by atoms with E-state index in [2.05, 4.69) is 10.4 Å². The summed E-state index contributed by atoms with van der Waals surface area (Å²) in [5.74, 6) is -2.37. The lowest BCUT2D eigenvalue weighted by molar-refractivity contribution is -0.116. The standard InChI is InChI=1S/C17H13F2N3O2/c18-13-6-5-11(9-14(13)19)21-17(24)7-8-22-15-4-2-1-3-12(15)16(23)10-20-22/h1-6,9-10H,7-8H2,(H,21,24). The maximum atomic E-state index is 13.1. The topological polar surface area (TPSA) is 64.0 Å². The Labute approximate surface area is 135 Å². The van der Waals surface area contributed by atoms with E-state index >= 15 is 0 Å². The van der Waals surface area contributed by atoms with Crippen LogP contribution in [0.25, 0.3) is 10.9 Å². The second kappa shape index (κ2) is 6.57. The van der Waals surface area contributed by atoms with E-state index in [4.69, 9.17) is 0 Å². The van der Waals surface area contributed by atoms with E-state index in [1.807, 2.05) is 0 Å². The molecular weight excluding hydrogens is 316 g/mol. The fourth-order valence-corrected chi connectivity index (χ4v) is 2.34. The Bertz CT molecular complexity index is 969. The van der Waals surface area contributed by atoms with Crippen LogP contribution in [0.15, 0.2) is 53.5 Å². The molecule has 0 aliphatic rings. The summed E-state index contributed by atoms with van der Waals surface area (Å²) < 4.78 is 27.5. The highest BCUT2D eigenvalue weighted by Crippen LogP contribution is 2.14. The van der Waals surface area contributed by atoms with Crippen LogP contribution in [0.5, 0.6) is 0 Å². The highest BCUT2D eigenvalue weighted by Gasteiger charge is 2.08. The molecule has 5 nitrogen and oxygen atoms in total. The molecule has 2 aromatic carbocycles. The van der Waals surface area contributed by atoms with E-state index < -0.39 is 11.6 Å². The van der Waals surface area contributed by atoms with Gasteiger partial charge in [0, 0.05) is 23.6 Å². The van der Waals surface area contributed by atoms with Crippen molar-refractivity contribution >= 4 is 22.5 Å². The van der Waals surface area contributed by atoms with E-state index in [1.165, 1.54) is 12.3 Å². The van der Waals surface area contributed by atoms with Gasteiger partial charge in [0.05, 0.1) is 18.3 Å². The van der Waals surface area contributed by atoms with Gasteiger partial charge in [-0.05, 0) is 24.3 Å². The highest BCUT2D eigenvalue weighted by atomic mass is 19.2. The minimum absolute atomic E-state index is 0.0683. The van der Waals surface area contributed by atoms with Gasteiger partial charge < -0.3 is 5.32 Å². The molecule has 0 bridgehead atoms. The van der Waals surface area contributed by atoms with Crippen LogP contribution in [-0.2, 0) is 11.3 Å². The molecule has 0 saturated heterocycles. The van der Waals surface area contributed by atoms with Gasteiger partial charge >= 0.3 is 0 Å². The zero-order valence-corrected chi connectivity index (χ0v) is 12.5. The number of hydrogen-bond acceptors (Lipinski definition) is 3. The number of nitrogens with zero attached hydrogens (tertiary/aromatic N) is 2. The third-order valence-corrected chi connectivity index (χ3v) is 3.52. The molecule has 7 heteroatoms. The molecule has 0 unspecified atom stereocenters. The third kappa shape index (κ3) is 3.29. The molecule has 0 saturated carbocycles. The van der Waals surface area contributed by atoms with Gasteiger partial charge in [-0.15, -0.1) is 0 Å². The number of anilines is 1. The number of nitrogens with one attached hydrogen (secondary N) is 1. The molecular formula is C17H13F2N3O2. The van der Waals surface area contributed by atoms with Crippen molar-refractivity contribution in [1.82, 2.24) is 9.78 Å². The molecule has 1 heterocycles. The van der Waals surface area contributed by atoms with Crippen molar-refractivity contribution in [2.24, 2.45) is 0 Å². The predicted molar refractivity (Wildman–Crippen MR) is 85.6 cm³/mol. The largest absolute Gasteiger partial charge is 0.326 e. The van der Waals surface area contributed by atoms with Crippen molar-refractivity contribution in [1.29, 1.82) is 0 Å².